The third kappa shape index (κ3) is 4.33. The monoisotopic (exact) mass is 557 g/mol. The number of aromatic nitrogens is 1. The topological polar surface area (TPSA) is 159 Å². The van der Waals surface area contributed by atoms with Crippen molar-refractivity contribution in [1.82, 2.24) is 9.88 Å². The van der Waals surface area contributed by atoms with Crippen molar-refractivity contribution in [2.45, 2.75) is 36.1 Å². The van der Waals surface area contributed by atoms with E-state index in [0.717, 1.165) is 4.90 Å². The van der Waals surface area contributed by atoms with Gasteiger partial charge in [-0.25, -0.2) is 13.2 Å². The van der Waals surface area contributed by atoms with Gasteiger partial charge in [-0.1, -0.05) is 60.7 Å². The molecule has 0 aliphatic carbocycles. The van der Waals surface area contributed by atoms with Gasteiger partial charge in [0.15, 0.2) is 27.4 Å². The Balaban J connectivity index is 1.49. The highest BCUT2D eigenvalue weighted by atomic mass is 32.2. The molecule has 2 aliphatic heterocycles. The van der Waals surface area contributed by atoms with Crippen molar-refractivity contribution in [3.05, 3.63) is 117 Å². The highest BCUT2D eigenvalue weighted by molar-refractivity contribution is 7.94. The largest absolute Gasteiger partial charge is 0.451 e. The first-order valence-corrected chi connectivity index (χ1v) is 13.8. The summed E-state index contributed by atoms with van der Waals surface area (Å²) >= 11 is 0. The minimum absolute atomic E-state index is 0.0206. The van der Waals surface area contributed by atoms with Crippen LogP contribution in [-0.4, -0.2) is 52.2 Å². The summed E-state index contributed by atoms with van der Waals surface area (Å²) in [5.41, 5.74) is 9.94. The zero-order valence-corrected chi connectivity index (χ0v) is 22.2. The Morgan fingerprint density at radius 3 is 2.25 bits per heavy atom. The number of fused-ring (bicyclic) bond motifs is 1. The molecule has 0 radical (unpaired) electrons. The number of hydrogen-bond acceptors (Lipinski definition) is 7. The lowest BCUT2D eigenvalue weighted by molar-refractivity contribution is -0.160. The van der Waals surface area contributed by atoms with Crippen LogP contribution in [0, 0.1) is 0 Å². The molecule has 0 unspecified atom stereocenters. The highest BCUT2D eigenvalue weighted by Gasteiger charge is 2.70. The van der Waals surface area contributed by atoms with Crippen molar-refractivity contribution >= 4 is 33.7 Å². The van der Waals surface area contributed by atoms with Crippen molar-refractivity contribution in [3.63, 3.8) is 0 Å². The predicted octanol–water partition coefficient (Wildman–Crippen LogP) is 3.99. The molecule has 5 rings (SSSR count). The van der Waals surface area contributed by atoms with Gasteiger partial charge in [0.1, 0.15) is 4.75 Å². The number of azide groups is 1. The summed E-state index contributed by atoms with van der Waals surface area (Å²) < 4.78 is 31.6. The van der Waals surface area contributed by atoms with Crippen LogP contribution < -0.4 is 0 Å². The summed E-state index contributed by atoms with van der Waals surface area (Å²) in [7, 11) is -4.09. The van der Waals surface area contributed by atoms with Crippen LogP contribution in [0.25, 0.3) is 16.5 Å². The lowest BCUT2D eigenvalue weighted by Crippen LogP contribution is -2.59. The second kappa shape index (κ2) is 10.1. The van der Waals surface area contributed by atoms with Crippen molar-refractivity contribution in [3.8, 4) is 0 Å². The number of nitrogens with zero attached hydrogens (tertiary/aromatic N) is 5. The number of amides is 2. The molecule has 2 atom stereocenters. The van der Waals surface area contributed by atoms with Gasteiger partial charge in [-0.3, -0.25) is 14.6 Å². The minimum Gasteiger partial charge on any atom is -0.451 e. The van der Waals surface area contributed by atoms with E-state index in [1.165, 1.54) is 38.3 Å². The summed E-state index contributed by atoms with van der Waals surface area (Å²) in [5.74, 6) is -2.36. The van der Waals surface area contributed by atoms with Gasteiger partial charge in [0, 0.05) is 16.7 Å². The number of pyridine rings is 1. The molecule has 2 amide bonds. The van der Waals surface area contributed by atoms with Gasteiger partial charge in [-0.05, 0) is 53.8 Å². The van der Waals surface area contributed by atoms with Crippen LogP contribution in [0.3, 0.4) is 0 Å². The van der Waals surface area contributed by atoms with E-state index in [2.05, 4.69) is 15.0 Å². The van der Waals surface area contributed by atoms with E-state index >= 15 is 0 Å². The fourth-order valence-corrected chi connectivity index (χ4v) is 7.12. The van der Waals surface area contributed by atoms with E-state index in [0.29, 0.717) is 11.1 Å². The van der Waals surface area contributed by atoms with Gasteiger partial charge in [0.2, 0.25) is 5.91 Å². The molecule has 0 bridgehead atoms. The molecule has 0 N–H and O–H groups in total. The quantitative estimate of drug-likeness (QED) is 0.111. The maximum Gasteiger partial charge on any atom is 0.331 e. The van der Waals surface area contributed by atoms with Crippen LogP contribution in [0.5, 0.6) is 0 Å². The number of β-lactam (4-membered cyclic amide) rings is 1. The molecule has 12 heteroatoms. The van der Waals surface area contributed by atoms with Crippen molar-refractivity contribution in [1.29, 1.82) is 0 Å². The number of sulfone groups is 1. The molecule has 2 aliphatic rings. The Kier molecular flexibility index (Phi) is 6.74. The number of esters is 1. The first-order valence-electron chi connectivity index (χ1n) is 12.2. The van der Waals surface area contributed by atoms with Gasteiger partial charge in [-0.2, -0.15) is 0 Å². The third-order valence-corrected chi connectivity index (χ3v) is 9.85. The smallest absolute Gasteiger partial charge is 0.331 e. The lowest BCUT2D eigenvalue weighted by Gasteiger charge is -2.38. The normalized spacial score (nSPS) is 21.3. The molecule has 2 fully saturated rings. The zero-order chi connectivity index (χ0) is 28.7. The molecule has 0 saturated carbocycles. The molecule has 2 saturated heterocycles. The van der Waals surface area contributed by atoms with E-state index in [1.807, 2.05) is 12.1 Å². The molecule has 3 aromatic rings. The number of ether oxygens (including phenoxy) is 1. The third-order valence-electron chi connectivity index (χ3n) is 7.09. The van der Waals surface area contributed by atoms with Crippen LogP contribution in [0.15, 0.2) is 89.7 Å². The van der Waals surface area contributed by atoms with Crippen molar-refractivity contribution in [2.75, 3.05) is 0 Å². The summed E-state index contributed by atoms with van der Waals surface area (Å²) in [6.45, 7) is 2.80. The molecule has 11 nitrogen and oxygen atoms in total. The van der Waals surface area contributed by atoms with Gasteiger partial charge < -0.3 is 9.64 Å². The van der Waals surface area contributed by atoms with Gasteiger partial charge >= 0.3 is 5.97 Å². The standard InChI is InChI=1S/C28H23N5O6S/c1-28(2)23(27(36)39-22(17-9-5-3-6-10-17)18-11-7-4-8-12-18)33-25(35)21(26(33)40(28,37)38)16-20-15-19(13-14-30-20)24(34)31-32-29/h3-16,22-23,26H,1-2H3/t23-,26+/m0/s1. The molecule has 2 aromatic carbocycles. The SMILES string of the molecule is CC1(C)[C@H](C(=O)OC(c2ccccc2)c2ccccc2)N2C(=O)C(=Cc3cc(C(=O)N=[N+]=[N-])ccn3)[C@H]2S1(=O)=O. The molecule has 0 spiro atoms. The first-order chi connectivity index (χ1) is 19.1. The Morgan fingerprint density at radius 1 is 1.07 bits per heavy atom. The fourth-order valence-electron chi connectivity index (χ4n) is 5.01. The maximum atomic E-state index is 13.7. The zero-order valence-electron chi connectivity index (χ0n) is 21.4. The molecule has 1 aromatic heterocycles. The number of rotatable bonds is 6. The average molecular weight is 558 g/mol. The molecule has 202 valence electrons. The van der Waals surface area contributed by atoms with E-state index in [4.69, 9.17) is 10.3 Å². The number of hydrogen-bond donors (Lipinski definition) is 0. The Bertz CT molecular complexity index is 1660. The summed E-state index contributed by atoms with van der Waals surface area (Å²) in [5, 5.41) is 1.64. The summed E-state index contributed by atoms with van der Waals surface area (Å²) in [6, 6.07) is 19.3. The first kappa shape index (κ1) is 26.8. The fraction of sp³-hybridized carbons (Fsp3) is 0.214. The molecule has 3 heterocycles. The Hall–Kier alpha value is -4.80. The average Bonchev–Trinajstić information content (AvgIpc) is 3.10. The maximum absolute atomic E-state index is 13.7. The van der Waals surface area contributed by atoms with Crippen molar-refractivity contribution in [2.24, 2.45) is 5.11 Å². The predicted molar refractivity (Wildman–Crippen MR) is 144 cm³/mol. The number of carbonyl (C=O) groups is 3. The van der Waals surface area contributed by atoms with Crippen molar-refractivity contribution < 1.29 is 27.5 Å². The number of carbonyl (C=O) groups excluding carboxylic acids is 3. The van der Waals surface area contributed by atoms with E-state index in [1.54, 1.807) is 48.5 Å². The molecule has 40 heavy (non-hydrogen) atoms. The number of benzene rings is 2. The summed E-state index contributed by atoms with van der Waals surface area (Å²) in [6.07, 6.45) is 1.71. The summed E-state index contributed by atoms with van der Waals surface area (Å²) in [4.78, 5) is 46.5. The van der Waals surface area contributed by atoms with Crippen LogP contribution in [0.4, 0.5) is 0 Å². The van der Waals surface area contributed by atoms with Gasteiger partial charge in [0.05, 0.1) is 11.3 Å². The van der Waals surface area contributed by atoms with E-state index in [9.17, 15) is 22.8 Å². The lowest BCUT2D eigenvalue weighted by atomic mass is 9.94. The van der Waals surface area contributed by atoms with Crippen LogP contribution in [0.1, 0.15) is 47.1 Å². The van der Waals surface area contributed by atoms with Gasteiger partial charge in [0.25, 0.3) is 5.91 Å². The molecular formula is C28H23N5O6S. The highest BCUT2D eigenvalue weighted by Crippen LogP contribution is 2.49. The van der Waals surface area contributed by atoms with Crippen LogP contribution >= 0.6 is 0 Å². The second-order valence-corrected chi connectivity index (χ2v) is 12.4. The van der Waals surface area contributed by atoms with Crippen LogP contribution in [0.2, 0.25) is 0 Å². The Morgan fingerprint density at radius 2 is 1.68 bits per heavy atom. The van der Waals surface area contributed by atoms with E-state index < -0.39 is 49.9 Å². The van der Waals surface area contributed by atoms with Crippen LogP contribution in [-0.2, 0) is 24.2 Å². The van der Waals surface area contributed by atoms with E-state index in [-0.39, 0.29) is 16.8 Å². The molecular weight excluding hydrogens is 534 g/mol. The van der Waals surface area contributed by atoms with Gasteiger partial charge in [-0.15, -0.1) is 0 Å². The Labute approximate surface area is 229 Å². The minimum atomic E-state index is -4.09. The second-order valence-electron chi connectivity index (χ2n) is 9.82.